The van der Waals surface area contributed by atoms with Crippen molar-refractivity contribution in [3.63, 3.8) is 0 Å². The number of nitrogens with two attached hydrogens (primary N) is 1. The number of amides is 1. The van der Waals surface area contributed by atoms with Crippen LogP contribution in [-0.2, 0) is 6.42 Å². The van der Waals surface area contributed by atoms with Crippen LogP contribution < -0.4 is 5.73 Å². The molecule has 23 heavy (non-hydrogen) atoms. The number of carbonyl (C=O) groups excluding carboxylic acids is 1. The van der Waals surface area contributed by atoms with Gasteiger partial charge in [0.2, 0.25) is 0 Å². The molecule has 0 aliphatic carbocycles. The Morgan fingerprint density at radius 2 is 2.00 bits per heavy atom. The minimum absolute atomic E-state index is 0. The van der Waals surface area contributed by atoms with Gasteiger partial charge < -0.3 is 10.6 Å². The van der Waals surface area contributed by atoms with Crippen molar-refractivity contribution in [3.05, 3.63) is 65.5 Å². The van der Waals surface area contributed by atoms with E-state index in [1.807, 2.05) is 11.0 Å². The summed E-state index contributed by atoms with van der Waals surface area (Å²) in [5.74, 6) is -0.226. The van der Waals surface area contributed by atoms with Crippen LogP contribution in [-0.4, -0.2) is 23.4 Å². The maximum absolute atomic E-state index is 13.3. The molecule has 0 spiro atoms. The summed E-state index contributed by atoms with van der Waals surface area (Å²) >= 11 is 0. The van der Waals surface area contributed by atoms with Gasteiger partial charge >= 0.3 is 0 Å². The number of nitrogen functional groups attached to an aromatic ring is 1. The van der Waals surface area contributed by atoms with Gasteiger partial charge in [0, 0.05) is 23.8 Å². The number of anilines is 1. The first-order valence-corrected chi connectivity index (χ1v) is 7.54. The molecular formula is C18H20ClFN2O. The van der Waals surface area contributed by atoms with Crippen LogP contribution in [0.2, 0.25) is 0 Å². The SMILES string of the molecule is Cl.Nc1cccc(C(=O)N2CCCC2Cc2cccc(F)c2)c1. The zero-order chi connectivity index (χ0) is 15.5. The number of hydrogen-bond acceptors (Lipinski definition) is 2. The molecule has 1 aliphatic rings. The fourth-order valence-corrected chi connectivity index (χ4v) is 3.09. The predicted molar refractivity (Wildman–Crippen MR) is 92.3 cm³/mol. The molecule has 1 heterocycles. The maximum Gasteiger partial charge on any atom is 0.254 e. The van der Waals surface area contributed by atoms with Crippen molar-refractivity contribution in [1.29, 1.82) is 0 Å². The Labute approximate surface area is 141 Å². The van der Waals surface area contributed by atoms with E-state index in [-0.39, 0.29) is 30.2 Å². The summed E-state index contributed by atoms with van der Waals surface area (Å²) in [5, 5.41) is 0. The molecule has 1 amide bonds. The first kappa shape index (κ1) is 17.3. The van der Waals surface area contributed by atoms with Crippen molar-refractivity contribution in [2.45, 2.75) is 25.3 Å². The number of likely N-dealkylation sites (tertiary alicyclic amines) is 1. The second-order valence-electron chi connectivity index (χ2n) is 5.75. The standard InChI is InChI=1S/C18H19FN2O.ClH/c19-15-6-1-4-13(10-15)11-17-8-3-9-21(17)18(22)14-5-2-7-16(20)12-14;/h1-2,4-7,10,12,17H,3,8-9,11,20H2;1H. The van der Waals surface area contributed by atoms with Gasteiger partial charge in [-0.25, -0.2) is 4.39 Å². The van der Waals surface area contributed by atoms with E-state index < -0.39 is 0 Å². The third-order valence-electron chi connectivity index (χ3n) is 4.13. The van der Waals surface area contributed by atoms with Crippen LogP contribution in [0.15, 0.2) is 48.5 Å². The lowest BCUT2D eigenvalue weighted by atomic mass is 10.0. The largest absolute Gasteiger partial charge is 0.399 e. The van der Waals surface area contributed by atoms with Crippen LogP contribution in [0.5, 0.6) is 0 Å². The number of nitrogens with zero attached hydrogens (tertiary/aromatic N) is 1. The molecule has 0 bridgehead atoms. The van der Waals surface area contributed by atoms with E-state index in [9.17, 15) is 9.18 Å². The minimum atomic E-state index is -0.232. The molecule has 0 radical (unpaired) electrons. The molecule has 1 unspecified atom stereocenters. The monoisotopic (exact) mass is 334 g/mol. The molecule has 1 fully saturated rings. The number of rotatable bonds is 3. The molecule has 2 aromatic rings. The second-order valence-corrected chi connectivity index (χ2v) is 5.75. The minimum Gasteiger partial charge on any atom is -0.399 e. The van der Waals surface area contributed by atoms with Crippen molar-refractivity contribution in [2.24, 2.45) is 0 Å². The highest BCUT2D eigenvalue weighted by Crippen LogP contribution is 2.24. The van der Waals surface area contributed by atoms with Crippen molar-refractivity contribution in [1.82, 2.24) is 4.90 Å². The highest BCUT2D eigenvalue weighted by Gasteiger charge is 2.29. The third-order valence-corrected chi connectivity index (χ3v) is 4.13. The predicted octanol–water partition coefficient (Wildman–Crippen LogP) is 3.68. The van der Waals surface area contributed by atoms with Gasteiger partial charge in [0.25, 0.3) is 5.91 Å². The molecule has 0 saturated carbocycles. The van der Waals surface area contributed by atoms with E-state index in [0.717, 1.165) is 24.9 Å². The molecule has 2 N–H and O–H groups in total. The summed E-state index contributed by atoms with van der Waals surface area (Å²) in [6.45, 7) is 0.744. The first-order valence-electron chi connectivity index (χ1n) is 7.54. The van der Waals surface area contributed by atoms with E-state index >= 15 is 0 Å². The van der Waals surface area contributed by atoms with E-state index in [2.05, 4.69) is 0 Å². The summed E-state index contributed by atoms with van der Waals surface area (Å²) in [5.41, 5.74) is 7.89. The topological polar surface area (TPSA) is 46.3 Å². The van der Waals surface area contributed by atoms with Gasteiger partial charge in [-0.15, -0.1) is 12.4 Å². The van der Waals surface area contributed by atoms with Gasteiger partial charge in [-0.3, -0.25) is 4.79 Å². The van der Waals surface area contributed by atoms with Crippen molar-refractivity contribution >= 4 is 24.0 Å². The Morgan fingerprint density at radius 3 is 2.74 bits per heavy atom. The van der Waals surface area contributed by atoms with Crippen LogP contribution in [0.3, 0.4) is 0 Å². The number of benzene rings is 2. The fourth-order valence-electron chi connectivity index (χ4n) is 3.09. The highest BCUT2D eigenvalue weighted by molar-refractivity contribution is 5.95. The average molecular weight is 335 g/mol. The Hall–Kier alpha value is -2.07. The molecule has 1 aliphatic heterocycles. The highest BCUT2D eigenvalue weighted by atomic mass is 35.5. The molecule has 2 aromatic carbocycles. The van der Waals surface area contributed by atoms with E-state index in [0.29, 0.717) is 17.7 Å². The quantitative estimate of drug-likeness (QED) is 0.870. The second kappa shape index (κ2) is 7.47. The van der Waals surface area contributed by atoms with Crippen LogP contribution >= 0.6 is 12.4 Å². The van der Waals surface area contributed by atoms with Gasteiger partial charge in [0.1, 0.15) is 5.82 Å². The maximum atomic E-state index is 13.3. The lowest BCUT2D eigenvalue weighted by Gasteiger charge is -2.25. The van der Waals surface area contributed by atoms with Crippen LogP contribution in [0.25, 0.3) is 0 Å². The lowest BCUT2D eigenvalue weighted by molar-refractivity contribution is 0.0736. The molecule has 1 atom stereocenters. The van der Waals surface area contributed by atoms with Gasteiger partial charge in [0.15, 0.2) is 0 Å². The number of halogens is 2. The Morgan fingerprint density at radius 1 is 1.22 bits per heavy atom. The summed E-state index contributed by atoms with van der Waals surface area (Å²) < 4.78 is 13.3. The average Bonchev–Trinajstić information content (AvgIpc) is 2.94. The van der Waals surface area contributed by atoms with Gasteiger partial charge in [-0.1, -0.05) is 18.2 Å². The summed E-state index contributed by atoms with van der Waals surface area (Å²) in [4.78, 5) is 14.6. The van der Waals surface area contributed by atoms with Crippen molar-refractivity contribution in [2.75, 3.05) is 12.3 Å². The first-order chi connectivity index (χ1) is 10.6. The van der Waals surface area contributed by atoms with E-state index in [4.69, 9.17) is 5.73 Å². The van der Waals surface area contributed by atoms with Gasteiger partial charge in [-0.05, 0) is 55.2 Å². The molecular weight excluding hydrogens is 315 g/mol. The van der Waals surface area contributed by atoms with Crippen molar-refractivity contribution in [3.8, 4) is 0 Å². The Balaban J connectivity index is 0.00000192. The van der Waals surface area contributed by atoms with Gasteiger partial charge in [-0.2, -0.15) is 0 Å². The zero-order valence-electron chi connectivity index (χ0n) is 12.7. The van der Waals surface area contributed by atoms with E-state index in [1.54, 1.807) is 36.4 Å². The summed E-state index contributed by atoms with van der Waals surface area (Å²) in [6, 6.07) is 13.8. The van der Waals surface area contributed by atoms with Crippen LogP contribution in [0, 0.1) is 5.82 Å². The van der Waals surface area contributed by atoms with Crippen molar-refractivity contribution < 1.29 is 9.18 Å². The summed E-state index contributed by atoms with van der Waals surface area (Å²) in [7, 11) is 0. The number of hydrogen-bond donors (Lipinski definition) is 1. The number of carbonyl (C=O) groups is 1. The normalized spacial score (nSPS) is 16.9. The molecule has 1 saturated heterocycles. The fraction of sp³-hybridized carbons (Fsp3) is 0.278. The molecule has 122 valence electrons. The third kappa shape index (κ3) is 4.02. The molecule has 3 nitrogen and oxygen atoms in total. The Kier molecular flexibility index (Phi) is 5.61. The molecule has 3 rings (SSSR count). The smallest absolute Gasteiger partial charge is 0.254 e. The molecule has 5 heteroatoms. The lowest BCUT2D eigenvalue weighted by Crippen LogP contribution is -2.36. The zero-order valence-corrected chi connectivity index (χ0v) is 13.6. The summed E-state index contributed by atoms with van der Waals surface area (Å²) in [6.07, 6.45) is 2.62. The van der Waals surface area contributed by atoms with Crippen LogP contribution in [0.4, 0.5) is 10.1 Å². The molecule has 0 aromatic heterocycles. The Bertz CT molecular complexity index is 692. The van der Waals surface area contributed by atoms with Crippen LogP contribution in [0.1, 0.15) is 28.8 Å². The van der Waals surface area contributed by atoms with Gasteiger partial charge in [0.05, 0.1) is 0 Å². The van der Waals surface area contributed by atoms with E-state index in [1.165, 1.54) is 6.07 Å².